The molecule has 4 rings (SSSR count). The number of carboxylic acid groups (broad SMARTS) is 1. The first kappa shape index (κ1) is 20.8. The molecule has 6 heteroatoms. The standard InChI is InChI=1S/C25H25FN2O3/c1-16-3-7-21(8-4-16)27-9-11-28(12-10-27)25(31)24-17(2)19(14-23(29)30)13-18-5-6-20(26)15-22(18)24/h3-8,13,15H,9-12,14H2,1-2H3,(H,29,30). The van der Waals surface area contributed by atoms with Crippen molar-refractivity contribution in [3.63, 3.8) is 0 Å². The molecule has 0 atom stereocenters. The number of piperazine rings is 1. The molecule has 1 aliphatic heterocycles. The lowest BCUT2D eigenvalue weighted by atomic mass is 9.92. The lowest BCUT2D eigenvalue weighted by Gasteiger charge is -2.36. The Labute approximate surface area is 180 Å². The smallest absolute Gasteiger partial charge is 0.307 e. The Hall–Kier alpha value is -3.41. The van der Waals surface area contributed by atoms with Crippen molar-refractivity contribution in [3.05, 3.63) is 76.6 Å². The van der Waals surface area contributed by atoms with Gasteiger partial charge in [-0.25, -0.2) is 4.39 Å². The Morgan fingerprint density at radius 1 is 0.968 bits per heavy atom. The summed E-state index contributed by atoms with van der Waals surface area (Å²) in [5.41, 5.74) is 3.91. The third-order valence-corrected chi connectivity index (χ3v) is 5.99. The van der Waals surface area contributed by atoms with Gasteiger partial charge in [0.15, 0.2) is 0 Å². The largest absolute Gasteiger partial charge is 0.481 e. The number of benzene rings is 3. The fourth-order valence-electron chi connectivity index (χ4n) is 4.23. The summed E-state index contributed by atoms with van der Waals surface area (Å²) in [6.45, 7) is 6.30. The summed E-state index contributed by atoms with van der Waals surface area (Å²) in [6.07, 6.45) is -0.180. The van der Waals surface area contributed by atoms with Gasteiger partial charge < -0.3 is 14.9 Å². The van der Waals surface area contributed by atoms with Crippen LogP contribution < -0.4 is 4.90 Å². The lowest BCUT2D eigenvalue weighted by Crippen LogP contribution is -2.49. The van der Waals surface area contributed by atoms with Gasteiger partial charge in [0.05, 0.1) is 12.0 Å². The van der Waals surface area contributed by atoms with Gasteiger partial charge in [-0.2, -0.15) is 0 Å². The van der Waals surface area contributed by atoms with Crippen LogP contribution in [0.25, 0.3) is 10.8 Å². The zero-order chi connectivity index (χ0) is 22.1. The Kier molecular flexibility index (Phi) is 5.63. The van der Waals surface area contributed by atoms with Gasteiger partial charge in [0.2, 0.25) is 0 Å². The Balaban J connectivity index is 1.64. The van der Waals surface area contributed by atoms with Crippen LogP contribution in [-0.2, 0) is 11.2 Å². The second-order valence-electron chi connectivity index (χ2n) is 8.09. The number of nitrogens with zero attached hydrogens (tertiary/aromatic N) is 2. The predicted molar refractivity (Wildman–Crippen MR) is 119 cm³/mol. The Morgan fingerprint density at radius 3 is 2.29 bits per heavy atom. The number of aliphatic carboxylic acids is 1. The van der Waals surface area contributed by atoms with Crippen LogP contribution in [0.3, 0.4) is 0 Å². The number of hydrogen-bond donors (Lipinski definition) is 1. The van der Waals surface area contributed by atoms with Gasteiger partial charge in [-0.15, -0.1) is 0 Å². The molecule has 0 spiro atoms. The molecule has 31 heavy (non-hydrogen) atoms. The van der Waals surface area contributed by atoms with Crippen molar-refractivity contribution in [2.75, 3.05) is 31.1 Å². The van der Waals surface area contributed by atoms with Crippen molar-refractivity contribution in [1.82, 2.24) is 4.90 Å². The van der Waals surface area contributed by atoms with E-state index in [0.29, 0.717) is 53.6 Å². The SMILES string of the molecule is Cc1ccc(N2CCN(C(=O)c3c(C)c(CC(=O)O)cc4ccc(F)cc34)CC2)cc1. The van der Waals surface area contributed by atoms with Gasteiger partial charge in [0.1, 0.15) is 5.82 Å². The average molecular weight is 420 g/mol. The third-order valence-electron chi connectivity index (χ3n) is 5.99. The summed E-state index contributed by atoms with van der Waals surface area (Å²) in [5, 5.41) is 10.5. The molecule has 1 fully saturated rings. The number of amides is 1. The molecule has 3 aromatic rings. The molecule has 0 saturated carbocycles. The minimum absolute atomic E-state index is 0.177. The number of rotatable bonds is 4. The molecule has 0 aromatic heterocycles. The summed E-state index contributed by atoms with van der Waals surface area (Å²) < 4.78 is 14.0. The molecule has 1 amide bonds. The van der Waals surface area contributed by atoms with Crippen LogP contribution in [0.4, 0.5) is 10.1 Å². The molecular formula is C25H25FN2O3. The van der Waals surface area contributed by atoms with E-state index in [2.05, 4.69) is 29.2 Å². The molecular weight excluding hydrogens is 395 g/mol. The van der Waals surface area contributed by atoms with Crippen LogP contribution in [0.1, 0.15) is 27.0 Å². The van der Waals surface area contributed by atoms with E-state index in [1.54, 1.807) is 24.0 Å². The number of anilines is 1. The fourth-order valence-corrected chi connectivity index (χ4v) is 4.23. The maximum absolute atomic E-state index is 14.0. The second-order valence-corrected chi connectivity index (χ2v) is 8.09. The number of carbonyl (C=O) groups is 2. The molecule has 3 aromatic carbocycles. The highest BCUT2D eigenvalue weighted by atomic mass is 19.1. The van der Waals surface area contributed by atoms with Crippen molar-refractivity contribution in [2.24, 2.45) is 0 Å². The Morgan fingerprint density at radius 2 is 1.65 bits per heavy atom. The number of carboxylic acids is 1. The number of fused-ring (bicyclic) bond motifs is 1. The molecule has 1 aliphatic rings. The topological polar surface area (TPSA) is 60.9 Å². The van der Waals surface area contributed by atoms with E-state index in [1.807, 2.05) is 6.92 Å². The average Bonchev–Trinajstić information content (AvgIpc) is 2.75. The molecule has 1 N–H and O–H groups in total. The molecule has 0 radical (unpaired) electrons. The monoisotopic (exact) mass is 420 g/mol. The number of aryl methyl sites for hydroxylation is 1. The minimum atomic E-state index is -0.963. The van der Waals surface area contributed by atoms with Crippen molar-refractivity contribution >= 4 is 28.3 Å². The van der Waals surface area contributed by atoms with E-state index in [9.17, 15) is 19.1 Å². The van der Waals surface area contributed by atoms with Crippen LogP contribution in [0, 0.1) is 19.7 Å². The maximum Gasteiger partial charge on any atom is 0.307 e. The van der Waals surface area contributed by atoms with Crippen LogP contribution in [0.5, 0.6) is 0 Å². The highest BCUT2D eigenvalue weighted by molar-refractivity contribution is 6.09. The van der Waals surface area contributed by atoms with E-state index in [4.69, 9.17) is 0 Å². The zero-order valence-electron chi connectivity index (χ0n) is 17.7. The van der Waals surface area contributed by atoms with Gasteiger partial charge in [0.25, 0.3) is 5.91 Å². The van der Waals surface area contributed by atoms with Crippen LogP contribution in [0.2, 0.25) is 0 Å². The van der Waals surface area contributed by atoms with Crippen molar-refractivity contribution in [2.45, 2.75) is 20.3 Å². The van der Waals surface area contributed by atoms with Gasteiger partial charge >= 0.3 is 5.97 Å². The summed E-state index contributed by atoms with van der Waals surface area (Å²) in [4.78, 5) is 28.9. The Bertz CT molecular complexity index is 1150. The molecule has 0 unspecified atom stereocenters. The molecule has 1 heterocycles. The van der Waals surface area contributed by atoms with Crippen LogP contribution in [-0.4, -0.2) is 48.1 Å². The number of halogens is 1. The number of hydrogen-bond acceptors (Lipinski definition) is 3. The molecule has 0 bridgehead atoms. The van der Waals surface area contributed by atoms with E-state index in [-0.39, 0.29) is 12.3 Å². The normalized spacial score (nSPS) is 14.2. The third kappa shape index (κ3) is 4.24. The maximum atomic E-state index is 14.0. The predicted octanol–water partition coefficient (Wildman–Crippen LogP) is 4.19. The van der Waals surface area contributed by atoms with Gasteiger partial charge in [-0.3, -0.25) is 9.59 Å². The van der Waals surface area contributed by atoms with Crippen molar-refractivity contribution in [1.29, 1.82) is 0 Å². The molecule has 1 saturated heterocycles. The van der Waals surface area contributed by atoms with Gasteiger partial charge in [-0.05, 0) is 60.0 Å². The summed E-state index contributed by atoms with van der Waals surface area (Å²) in [7, 11) is 0. The van der Waals surface area contributed by atoms with E-state index < -0.39 is 11.8 Å². The van der Waals surface area contributed by atoms with Crippen LogP contribution in [0.15, 0.2) is 48.5 Å². The van der Waals surface area contributed by atoms with Gasteiger partial charge in [-0.1, -0.05) is 29.8 Å². The summed E-state index contributed by atoms with van der Waals surface area (Å²) >= 11 is 0. The summed E-state index contributed by atoms with van der Waals surface area (Å²) in [5.74, 6) is -1.56. The van der Waals surface area contributed by atoms with Gasteiger partial charge in [0, 0.05) is 31.9 Å². The first-order valence-electron chi connectivity index (χ1n) is 10.4. The zero-order valence-corrected chi connectivity index (χ0v) is 17.7. The molecule has 0 aliphatic carbocycles. The van der Waals surface area contributed by atoms with E-state index in [0.717, 1.165) is 5.69 Å². The highest BCUT2D eigenvalue weighted by Crippen LogP contribution is 2.29. The van der Waals surface area contributed by atoms with Crippen molar-refractivity contribution in [3.8, 4) is 0 Å². The number of carbonyl (C=O) groups excluding carboxylic acids is 1. The van der Waals surface area contributed by atoms with Crippen LogP contribution >= 0.6 is 0 Å². The minimum Gasteiger partial charge on any atom is -0.481 e. The quantitative estimate of drug-likeness (QED) is 0.688. The summed E-state index contributed by atoms with van der Waals surface area (Å²) in [6, 6.07) is 14.4. The molecule has 160 valence electrons. The van der Waals surface area contributed by atoms with Crippen molar-refractivity contribution < 1.29 is 19.1 Å². The van der Waals surface area contributed by atoms with E-state index >= 15 is 0 Å². The lowest BCUT2D eigenvalue weighted by molar-refractivity contribution is -0.136. The first-order chi connectivity index (χ1) is 14.8. The first-order valence-corrected chi connectivity index (χ1v) is 10.4. The fraction of sp³-hybridized carbons (Fsp3) is 0.280. The molecule has 5 nitrogen and oxygen atoms in total. The van der Waals surface area contributed by atoms with E-state index in [1.165, 1.54) is 17.7 Å². The second kappa shape index (κ2) is 8.38. The highest BCUT2D eigenvalue weighted by Gasteiger charge is 2.26.